The summed E-state index contributed by atoms with van der Waals surface area (Å²) in [6.07, 6.45) is 0. The summed E-state index contributed by atoms with van der Waals surface area (Å²) in [7, 11) is -4.89. The summed E-state index contributed by atoms with van der Waals surface area (Å²) < 4.78 is 8.77. The zero-order valence-electron chi connectivity index (χ0n) is 8.58. The monoisotopic (exact) mass is 284 g/mol. The van der Waals surface area contributed by atoms with Gasteiger partial charge in [0.15, 0.2) is 0 Å². The standard InChI is InChI=1S/2C2H2O4.Li.H3O4P/c2*3-1(4)2(5)6;;1-5(2,3)4/h2*(H,3,4)(H,5,6);;(H3,1,2,3,4)/q;;+1;/p-1. The van der Waals surface area contributed by atoms with Gasteiger partial charge in [-0.1, -0.05) is 0 Å². The fourth-order valence-electron chi connectivity index (χ4n) is 0. The molecule has 0 spiro atoms. The van der Waals surface area contributed by atoms with E-state index in [1.165, 1.54) is 0 Å². The first kappa shape index (κ1) is 25.4. The van der Waals surface area contributed by atoms with Gasteiger partial charge in [0.2, 0.25) is 0 Å². The van der Waals surface area contributed by atoms with Crippen LogP contribution in [0.15, 0.2) is 0 Å². The molecule has 0 atom stereocenters. The Hall–Kier alpha value is -1.41. The van der Waals surface area contributed by atoms with E-state index in [9.17, 15) is 0 Å². The van der Waals surface area contributed by atoms with Crippen molar-refractivity contribution in [3.63, 3.8) is 0 Å². The smallest absolute Gasteiger partial charge is 0.756 e. The van der Waals surface area contributed by atoms with Crippen LogP contribution in [0.3, 0.4) is 0 Å². The maximum atomic E-state index is 9.10. The van der Waals surface area contributed by atoms with Gasteiger partial charge in [0.1, 0.15) is 0 Å². The van der Waals surface area contributed by atoms with Crippen LogP contribution in [0.4, 0.5) is 0 Å². The van der Waals surface area contributed by atoms with Crippen molar-refractivity contribution in [2.75, 3.05) is 0 Å². The topological polar surface area (TPSA) is 230 Å². The molecular formula is C4H6LiO12P. The summed E-state index contributed by atoms with van der Waals surface area (Å²) in [5.74, 6) is -7.30. The van der Waals surface area contributed by atoms with E-state index in [1.54, 1.807) is 0 Å². The Morgan fingerprint density at radius 1 is 0.722 bits per heavy atom. The van der Waals surface area contributed by atoms with Crippen LogP contribution in [-0.4, -0.2) is 54.1 Å². The van der Waals surface area contributed by atoms with Crippen LogP contribution in [0.2, 0.25) is 0 Å². The average molecular weight is 284 g/mol. The maximum absolute atomic E-state index is 9.10. The number of carboxylic acid groups (broad SMARTS) is 4. The number of hydrogen-bond acceptors (Lipinski definition) is 6. The molecule has 0 aromatic rings. The molecule has 100 valence electrons. The molecule has 0 aliphatic heterocycles. The van der Waals surface area contributed by atoms with Crippen molar-refractivity contribution in [3.8, 4) is 0 Å². The Morgan fingerprint density at radius 2 is 0.778 bits per heavy atom. The molecule has 14 heteroatoms. The molecule has 0 radical (unpaired) electrons. The third-order valence-electron chi connectivity index (χ3n) is 0.366. The van der Waals surface area contributed by atoms with Crippen molar-refractivity contribution in [3.05, 3.63) is 0 Å². The van der Waals surface area contributed by atoms with E-state index in [0.717, 1.165) is 0 Å². The minimum absolute atomic E-state index is 0. The van der Waals surface area contributed by atoms with Crippen molar-refractivity contribution in [2.45, 2.75) is 0 Å². The van der Waals surface area contributed by atoms with E-state index in [4.69, 9.17) is 58.8 Å². The molecule has 0 aliphatic carbocycles. The number of phosphoric acid groups is 1. The fourth-order valence-corrected chi connectivity index (χ4v) is 0. The Balaban J connectivity index is -0.0000000799. The van der Waals surface area contributed by atoms with E-state index in [-0.39, 0.29) is 18.9 Å². The van der Waals surface area contributed by atoms with Gasteiger partial charge in [-0.25, -0.2) is 19.2 Å². The Labute approximate surface area is 110 Å². The molecule has 0 saturated carbocycles. The van der Waals surface area contributed by atoms with E-state index < -0.39 is 31.7 Å². The molecule has 0 aromatic heterocycles. The van der Waals surface area contributed by atoms with Gasteiger partial charge in [0.05, 0.1) is 0 Å². The van der Waals surface area contributed by atoms with E-state index in [2.05, 4.69) is 0 Å². The largest absolute Gasteiger partial charge is 1.00 e. The molecule has 0 saturated heterocycles. The number of carboxylic acids is 4. The number of hydrogen-bond donors (Lipinski definition) is 6. The van der Waals surface area contributed by atoms with Gasteiger partial charge >= 0.3 is 42.7 Å². The third kappa shape index (κ3) is 62.1. The first-order valence-electron chi connectivity index (χ1n) is 2.98. The summed E-state index contributed by atoms with van der Waals surface area (Å²) in [6, 6.07) is 0. The molecule has 0 heterocycles. The summed E-state index contributed by atoms with van der Waals surface area (Å²) >= 11 is 0. The molecule has 0 bridgehead atoms. The molecule has 0 aliphatic rings. The zero-order chi connectivity index (χ0) is 14.8. The van der Waals surface area contributed by atoms with Crippen LogP contribution < -0.4 is 23.8 Å². The van der Waals surface area contributed by atoms with Crippen molar-refractivity contribution >= 4 is 31.7 Å². The van der Waals surface area contributed by atoms with Gasteiger partial charge in [-0.05, 0) is 0 Å². The van der Waals surface area contributed by atoms with E-state index in [1.807, 2.05) is 0 Å². The van der Waals surface area contributed by atoms with Gasteiger partial charge in [-0.2, -0.15) is 0 Å². The number of rotatable bonds is 0. The summed E-state index contributed by atoms with van der Waals surface area (Å²) in [5.41, 5.74) is 0. The van der Waals surface area contributed by atoms with Gasteiger partial charge < -0.3 is 35.1 Å². The minimum atomic E-state index is -4.89. The van der Waals surface area contributed by atoms with E-state index in [0.29, 0.717) is 0 Å². The van der Waals surface area contributed by atoms with Crippen molar-refractivity contribution in [2.24, 2.45) is 0 Å². The van der Waals surface area contributed by atoms with E-state index >= 15 is 0 Å². The number of aliphatic carboxylic acids is 4. The van der Waals surface area contributed by atoms with Crippen LogP contribution in [0, 0.1) is 0 Å². The molecule has 0 rings (SSSR count). The maximum Gasteiger partial charge on any atom is 1.00 e. The SMILES string of the molecule is O=C(O)C(=O)O.O=C(O)C(=O)O.O=P([O-])(O)O.[Li+]. The van der Waals surface area contributed by atoms with Gasteiger partial charge in [-0.3, -0.25) is 4.57 Å². The Bertz CT molecular complexity index is 286. The van der Waals surface area contributed by atoms with Crippen LogP contribution in [0.1, 0.15) is 0 Å². The van der Waals surface area contributed by atoms with Crippen LogP contribution in [-0.2, 0) is 23.7 Å². The van der Waals surface area contributed by atoms with Crippen LogP contribution in [0.25, 0.3) is 0 Å². The molecule has 0 amide bonds. The second-order valence-corrected chi connectivity index (χ2v) is 2.69. The first-order chi connectivity index (χ1) is 7.29. The Morgan fingerprint density at radius 3 is 0.778 bits per heavy atom. The van der Waals surface area contributed by atoms with Gasteiger partial charge in [0, 0.05) is 0 Å². The molecule has 0 fully saturated rings. The fraction of sp³-hybridized carbons (Fsp3) is 0. The minimum Gasteiger partial charge on any atom is -0.756 e. The summed E-state index contributed by atoms with van der Waals surface area (Å²) in [4.78, 5) is 59.3. The second-order valence-electron chi connectivity index (χ2n) is 1.71. The van der Waals surface area contributed by atoms with Crippen molar-refractivity contribution in [1.29, 1.82) is 0 Å². The van der Waals surface area contributed by atoms with Crippen molar-refractivity contribution < 1.29 is 77.7 Å². The second kappa shape index (κ2) is 12.1. The normalized spacial score (nSPS) is 8.17. The molecular weight excluding hydrogens is 278 g/mol. The van der Waals surface area contributed by atoms with Crippen LogP contribution >= 0.6 is 7.82 Å². The molecule has 6 N–H and O–H groups in total. The molecule has 18 heavy (non-hydrogen) atoms. The molecule has 0 unspecified atom stereocenters. The Kier molecular flexibility index (Phi) is 17.0. The third-order valence-corrected chi connectivity index (χ3v) is 0.366. The zero-order valence-corrected chi connectivity index (χ0v) is 9.47. The predicted octanol–water partition coefficient (Wildman–Crippen LogP) is -6.25. The quantitative estimate of drug-likeness (QED) is 0.138. The molecule has 12 nitrogen and oxygen atoms in total. The average Bonchev–Trinajstić information content (AvgIpc) is 2.01. The summed E-state index contributed by atoms with van der Waals surface area (Å²) in [5, 5.41) is 29.6. The summed E-state index contributed by atoms with van der Waals surface area (Å²) in [6.45, 7) is 0. The first-order valence-corrected chi connectivity index (χ1v) is 4.51. The predicted molar refractivity (Wildman–Crippen MR) is 42.6 cm³/mol. The molecule has 0 aromatic carbocycles. The number of carbonyl (C=O) groups is 4. The van der Waals surface area contributed by atoms with Crippen LogP contribution in [0.5, 0.6) is 0 Å². The van der Waals surface area contributed by atoms with Gasteiger partial charge in [0.25, 0.3) is 7.82 Å². The van der Waals surface area contributed by atoms with Crippen molar-refractivity contribution in [1.82, 2.24) is 0 Å². The van der Waals surface area contributed by atoms with Gasteiger partial charge in [-0.15, -0.1) is 0 Å².